The van der Waals surface area contributed by atoms with Crippen LogP contribution in [0.1, 0.15) is 239 Å². The molecule has 0 aromatic heterocycles. The predicted octanol–water partition coefficient (Wildman–Crippen LogP) is 22.2. The fraction of sp³-hybridized carbons (Fsp3) is 0.533. The normalized spacial score (nSPS) is 13.5. The summed E-state index contributed by atoms with van der Waals surface area (Å²) in [6.07, 6.45) is 101. The highest BCUT2D eigenvalue weighted by Gasteiger charge is 2.19. The van der Waals surface area contributed by atoms with E-state index in [9.17, 15) is 14.4 Å². The van der Waals surface area contributed by atoms with Gasteiger partial charge in [0.15, 0.2) is 6.10 Å². The Labute approximate surface area is 497 Å². The Balaban J connectivity index is 4.51. The van der Waals surface area contributed by atoms with E-state index >= 15 is 0 Å². The number of carbonyl (C=O) groups excluding carboxylic acids is 3. The minimum Gasteiger partial charge on any atom is -0.462 e. The molecule has 0 bridgehead atoms. The van der Waals surface area contributed by atoms with Gasteiger partial charge in [-0.15, -0.1) is 0 Å². The lowest BCUT2D eigenvalue weighted by Gasteiger charge is -2.18. The van der Waals surface area contributed by atoms with Gasteiger partial charge in [-0.05, 0) is 161 Å². The first kappa shape index (κ1) is 75.2. The first-order chi connectivity index (χ1) is 40.0. The number of unbranched alkanes of at least 4 members (excludes halogenated alkanes) is 12. The van der Waals surface area contributed by atoms with Gasteiger partial charge < -0.3 is 14.2 Å². The molecule has 0 fully saturated rings. The number of ether oxygens (including phenoxy) is 3. The maximum atomic E-state index is 12.9. The van der Waals surface area contributed by atoms with Gasteiger partial charge in [0, 0.05) is 19.3 Å². The van der Waals surface area contributed by atoms with Crippen molar-refractivity contribution in [3.63, 3.8) is 0 Å². The zero-order chi connectivity index (χ0) is 58.5. The van der Waals surface area contributed by atoms with Crippen LogP contribution in [0.3, 0.4) is 0 Å². The standard InChI is InChI=1S/C75H114O6/c1-4-7-10-13-16-19-22-25-27-29-31-33-35-37-39-41-43-45-47-50-53-56-59-62-65-68-74(77)80-71-72(70-79-73(76)67-64-61-58-55-52-49-24-21-18-15-12-9-6-3)81-75(78)69-66-63-60-57-54-51-48-46-44-42-40-38-36-34-32-30-28-26-23-20-17-14-11-8-5-2/h7-12,16-21,25-28,31-34,37-40,43-46,49-50,52-53,72H,4-6,13-15,22-24,29-30,35-36,41-42,47-48,51,54-71H2,1-3H3/b10-7-,11-8-,12-9-,19-16-,20-17-,21-18-,27-25-,28-26-,33-31-,34-32-,39-37-,40-38-,45-43-,46-44-,52-49-,53-50-. The van der Waals surface area contributed by atoms with Gasteiger partial charge in [-0.1, -0.05) is 254 Å². The summed E-state index contributed by atoms with van der Waals surface area (Å²) >= 11 is 0. The summed E-state index contributed by atoms with van der Waals surface area (Å²) in [7, 11) is 0. The average molecular weight is 1110 g/mol. The van der Waals surface area contributed by atoms with Crippen LogP contribution in [0.15, 0.2) is 194 Å². The molecule has 0 aliphatic heterocycles. The van der Waals surface area contributed by atoms with Crippen molar-refractivity contribution in [2.24, 2.45) is 0 Å². The molecule has 0 rings (SSSR count). The van der Waals surface area contributed by atoms with Gasteiger partial charge in [-0.25, -0.2) is 0 Å². The third-order valence-electron chi connectivity index (χ3n) is 12.6. The molecule has 0 aliphatic carbocycles. The minimum atomic E-state index is -0.826. The largest absolute Gasteiger partial charge is 0.462 e. The van der Waals surface area contributed by atoms with E-state index in [1.807, 2.05) is 0 Å². The van der Waals surface area contributed by atoms with Crippen molar-refractivity contribution in [1.29, 1.82) is 0 Å². The smallest absolute Gasteiger partial charge is 0.306 e. The van der Waals surface area contributed by atoms with Gasteiger partial charge in [0.25, 0.3) is 0 Å². The quantitative estimate of drug-likeness (QED) is 0.0261. The Morgan fingerprint density at radius 2 is 0.444 bits per heavy atom. The van der Waals surface area contributed by atoms with Crippen molar-refractivity contribution in [1.82, 2.24) is 0 Å². The summed E-state index contributed by atoms with van der Waals surface area (Å²) < 4.78 is 16.8. The molecule has 0 aromatic carbocycles. The molecule has 0 N–H and O–H groups in total. The molecule has 1 atom stereocenters. The van der Waals surface area contributed by atoms with Crippen LogP contribution in [0.5, 0.6) is 0 Å². The Bertz CT molecular complexity index is 1950. The third kappa shape index (κ3) is 64.9. The lowest BCUT2D eigenvalue weighted by atomic mass is 10.1. The molecule has 0 aliphatic rings. The Morgan fingerprint density at radius 1 is 0.247 bits per heavy atom. The van der Waals surface area contributed by atoms with Crippen LogP contribution < -0.4 is 0 Å². The fourth-order valence-electron chi connectivity index (χ4n) is 7.91. The van der Waals surface area contributed by atoms with Crippen molar-refractivity contribution in [2.75, 3.05) is 13.2 Å². The lowest BCUT2D eigenvalue weighted by molar-refractivity contribution is -0.167. The predicted molar refractivity (Wildman–Crippen MR) is 352 cm³/mol. The summed E-state index contributed by atoms with van der Waals surface area (Å²) in [5.74, 6) is -1.01. The van der Waals surface area contributed by atoms with Crippen molar-refractivity contribution in [2.45, 2.75) is 245 Å². The van der Waals surface area contributed by atoms with Gasteiger partial charge in [0.05, 0.1) is 0 Å². The molecule has 81 heavy (non-hydrogen) atoms. The molecular weight excluding hydrogens is 997 g/mol. The summed E-state index contributed by atoms with van der Waals surface area (Å²) in [4.78, 5) is 38.3. The van der Waals surface area contributed by atoms with E-state index in [1.165, 1.54) is 12.8 Å². The number of allylic oxidation sites excluding steroid dienone is 32. The van der Waals surface area contributed by atoms with E-state index in [0.717, 1.165) is 186 Å². The second-order valence-electron chi connectivity index (χ2n) is 20.2. The van der Waals surface area contributed by atoms with Crippen LogP contribution in [0.2, 0.25) is 0 Å². The monoisotopic (exact) mass is 1110 g/mol. The molecule has 0 heterocycles. The third-order valence-corrected chi connectivity index (χ3v) is 12.6. The highest BCUT2D eigenvalue weighted by atomic mass is 16.6. The number of hydrogen-bond acceptors (Lipinski definition) is 6. The summed E-state index contributed by atoms with van der Waals surface area (Å²) in [5.41, 5.74) is 0. The maximum absolute atomic E-state index is 12.9. The van der Waals surface area contributed by atoms with Gasteiger partial charge in [-0.3, -0.25) is 14.4 Å². The molecule has 6 nitrogen and oxygen atoms in total. The minimum absolute atomic E-state index is 0.121. The van der Waals surface area contributed by atoms with Crippen molar-refractivity contribution in [3.05, 3.63) is 194 Å². The van der Waals surface area contributed by atoms with Crippen LogP contribution in [-0.2, 0) is 28.6 Å². The molecule has 0 saturated heterocycles. The topological polar surface area (TPSA) is 78.9 Å². The molecule has 0 aromatic rings. The van der Waals surface area contributed by atoms with E-state index in [1.54, 1.807) is 0 Å². The molecular formula is C75H114O6. The summed E-state index contributed by atoms with van der Waals surface area (Å²) in [5, 5.41) is 0. The molecule has 450 valence electrons. The Kier molecular flexibility index (Phi) is 62.0. The zero-order valence-corrected chi connectivity index (χ0v) is 51.5. The van der Waals surface area contributed by atoms with Gasteiger partial charge in [0.2, 0.25) is 0 Å². The highest BCUT2D eigenvalue weighted by Crippen LogP contribution is 2.13. The van der Waals surface area contributed by atoms with Crippen molar-refractivity contribution in [3.8, 4) is 0 Å². The second-order valence-corrected chi connectivity index (χ2v) is 20.2. The average Bonchev–Trinajstić information content (AvgIpc) is 3.46. The first-order valence-electron chi connectivity index (χ1n) is 31.9. The van der Waals surface area contributed by atoms with Crippen molar-refractivity contribution >= 4 is 17.9 Å². The van der Waals surface area contributed by atoms with E-state index in [4.69, 9.17) is 14.2 Å². The molecule has 6 heteroatoms. The van der Waals surface area contributed by atoms with E-state index in [2.05, 4.69) is 215 Å². The number of hydrogen-bond donors (Lipinski definition) is 0. The first-order valence-corrected chi connectivity index (χ1v) is 31.9. The van der Waals surface area contributed by atoms with Crippen LogP contribution in [0, 0.1) is 0 Å². The molecule has 0 saturated carbocycles. The maximum Gasteiger partial charge on any atom is 0.306 e. The number of carbonyl (C=O) groups is 3. The summed E-state index contributed by atoms with van der Waals surface area (Å²) in [6.45, 7) is 6.21. The van der Waals surface area contributed by atoms with E-state index in [0.29, 0.717) is 12.8 Å². The molecule has 0 radical (unpaired) electrons. The van der Waals surface area contributed by atoms with Gasteiger partial charge in [-0.2, -0.15) is 0 Å². The van der Waals surface area contributed by atoms with Crippen LogP contribution in [-0.4, -0.2) is 37.2 Å². The van der Waals surface area contributed by atoms with Gasteiger partial charge in [0.1, 0.15) is 13.2 Å². The number of esters is 3. The second kappa shape index (κ2) is 66.8. The Morgan fingerprint density at radius 3 is 0.704 bits per heavy atom. The summed E-state index contributed by atoms with van der Waals surface area (Å²) in [6, 6.07) is 0. The molecule has 0 spiro atoms. The number of rotatable bonds is 55. The molecule has 1 unspecified atom stereocenters. The van der Waals surface area contributed by atoms with Crippen LogP contribution in [0.4, 0.5) is 0 Å². The fourth-order valence-corrected chi connectivity index (χ4v) is 7.91. The van der Waals surface area contributed by atoms with Crippen LogP contribution >= 0.6 is 0 Å². The van der Waals surface area contributed by atoms with Crippen molar-refractivity contribution < 1.29 is 28.6 Å². The Hall–Kier alpha value is -5.75. The van der Waals surface area contributed by atoms with Crippen LogP contribution in [0.25, 0.3) is 0 Å². The SMILES string of the molecule is CC/C=C\C/C=C\C/C=C\C/C=C\C/C=C\C/C=C\C/C=C\CCCCCC(=O)OCC(COC(=O)CCCCC/C=C\C/C=C\C/C=C\CC)OC(=O)CCCCCCCC/C=C\C/C=C\C/C=C\C/C=C\C/C=C\C/C=C\CC. The zero-order valence-electron chi connectivity index (χ0n) is 51.5. The van der Waals surface area contributed by atoms with E-state index in [-0.39, 0.29) is 37.5 Å². The highest BCUT2D eigenvalue weighted by molar-refractivity contribution is 5.71. The van der Waals surface area contributed by atoms with E-state index < -0.39 is 6.10 Å². The molecule has 0 amide bonds. The van der Waals surface area contributed by atoms with Gasteiger partial charge >= 0.3 is 17.9 Å². The lowest BCUT2D eigenvalue weighted by Crippen LogP contribution is -2.30.